The normalized spacial score (nSPS) is 8.58. The second kappa shape index (κ2) is 5.25. The van der Waals surface area contributed by atoms with Crippen molar-refractivity contribution >= 4 is 5.57 Å². The standard InChI is InChI=1S/C11H13.Li/c1-9(2)10(3)11-7-5-4-6-8-11;/h5-8H,1-3H3;/q-1;+1. The Balaban J connectivity index is 0.00000121. The number of benzene rings is 1. The van der Waals surface area contributed by atoms with Crippen LogP contribution in [0.25, 0.3) is 5.57 Å². The maximum absolute atomic E-state index is 3.00. The molecule has 0 saturated heterocycles. The largest absolute Gasteiger partial charge is 1.00 e. The fourth-order valence-electron chi connectivity index (χ4n) is 0.926. The minimum atomic E-state index is 0. The zero-order valence-electron chi connectivity index (χ0n) is 8.31. The zero-order chi connectivity index (χ0) is 8.27. The van der Waals surface area contributed by atoms with E-state index in [2.05, 4.69) is 39.0 Å². The predicted molar refractivity (Wildman–Crippen MR) is 49.2 cm³/mol. The van der Waals surface area contributed by atoms with E-state index in [4.69, 9.17) is 0 Å². The molecule has 0 N–H and O–H groups in total. The van der Waals surface area contributed by atoms with Crippen LogP contribution >= 0.6 is 0 Å². The Morgan fingerprint density at radius 1 is 1.08 bits per heavy atom. The summed E-state index contributed by atoms with van der Waals surface area (Å²) >= 11 is 0. The van der Waals surface area contributed by atoms with Gasteiger partial charge in [-0.25, -0.2) is 0 Å². The van der Waals surface area contributed by atoms with E-state index in [0.29, 0.717) is 0 Å². The van der Waals surface area contributed by atoms with Gasteiger partial charge in [0.1, 0.15) is 0 Å². The first-order valence-corrected chi connectivity index (χ1v) is 3.82. The van der Waals surface area contributed by atoms with Gasteiger partial charge >= 0.3 is 18.9 Å². The third kappa shape index (κ3) is 2.89. The smallest absolute Gasteiger partial charge is 0.184 e. The predicted octanol–water partition coefficient (Wildman–Crippen LogP) is 0.304. The van der Waals surface area contributed by atoms with Crippen LogP contribution in [0.5, 0.6) is 0 Å². The Labute approximate surface area is 86.9 Å². The molecular formula is C11H13Li. The van der Waals surface area contributed by atoms with Crippen molar-refractivity contribution in [3.63, 3.8) is 0 Å². The minimum absolute atomic E-state index is 0. The quantitative estimate of drug-likeness (QED) is 0.401. The molecule has 58 valence electrons. The van der Waals surface area contributed by atoms with Crippen molar-refractivity contribution in [3.05, 3.63) is 41.5 Å². The summed E-state index contributed by atoms with van der Waals surface area (Å²) in [5.41, 5.74) is 4.03. The van der Waals surface area contributed by atoms with E-state index >= 15 is 0 Å². The van der Waals surface area contributed by atoms with Gasteiger partial charge in [0.15, 0.2) is 0 Å². The van der Waals surface area contributed by atoms with E-state index in [1.54, 1.807) is 0 Å². The molecule has 0 heterocycles. The first-order valence-electron chi connectivity index (χ1n) is 3.82. The molecule has 0 saturated carbocycles. The summed E-state index contributed by atoms with van der Waals surface area (Å²) in [6.07, 6.45) is 0. The summed E-state index contributed by atoms with van der Waals surface area (Å²) < 4.78 is 0. The number of allylic oxidation sites excluding steroid dienone is 2. The van der Waals surface area contributed by atoms with E-state index in [1.165, 1.54) is 16.7 Å². The maximum Gasteiger partial charge on any atom is 1.00 e. The van der Waals surface area contributed by atoms with Crippen LogP contribution in [-0.2, 0) is 0 Å². The first-order chi connectivity index (χ1) is 5.22. The summed E-state index contributed by atoms with van der Waals surface area (Å²) in [6.45, 7) is 6.41. The molecule has 0 radical (unpaired) electrons. The van der Waals surface area contributed by atoms with Crippen LogP contribution in [0.15, 0.2) is 29.8 Å². The summed E-state index contributed by atoms with van der Waals surface area (Å²) in [4.78, 5) is 0. The Morgan fingerprint density at radius 3 is 2.00 bits per heavy atom. The Kier molecular flexibility index (Phi) is 5.05. The Hall–Kier alpha value is -0.443. The molecule has 1 aromatic carbocycles. The summed E-state index contributed by atoms with van der Waals surface area (Å²) in [5.74, 6) is 0. The number of hydrogen-bond acceptors (Lipinski definition) is 0. The summed E-state index contributed by atoms with van der Waals surface area (Å²) in [6, 6.07) is 11.1. The SMILES string of the molecule is CC(C)=C(C)c1cc[c-]cc1.[Li+]. The molecule has 0 fully saturated rings. The van der Waals surface area contributed by atoms with Crippen LogP contribution in [0.3, 0.4) is 0 Å². The first kappa shape index (κ1) is 11.6. The van der Waals surface area contributed by atoms with Crippen LogP contribution in [0.4, 0.5) is 0 Å². The molecule has 0 bridgehead atoms. The molecule has 0 amide bonds. The van der Waals surface area contributed by atoms with E-state index in [9.17, 15) is 0 Å². The van der Waals surface area contributed by atoms with Crippen molar-refractivity contribution < 1.29 is 18.9 Å². The van der Waals surface area contributed by atoms with Crippen molar-refractivity contribution in [2.24, 2.45) is 0 Å². The molecule has 1 heteroatoms. The third-order valence-electron chi connectivity index (χ3n) is 1.90. The fraction of sp³-hybridized carbons (Fsp3) is 0.273. The molecule has 0 aliphatic carbocycles. The molecule has 0 unspecified atom stereocenters. The average molecular weight is 152 g/mol. The van der Waals surface area contributed by atoms with Crippen LogP contribution in [0, 0.1) is 6.07 Å². The molecule has 0 aliphatic rings. The van der Waals surface area contributed by atoms with Gasteiger partial charge < -0.3 is 0 Å². The monoisotopic (exact) mass is 152 g/mol. The van der Waals surface area contributed by atoms with Crippen LogP contribution in [-0.4, -0.2) is 0 Å². The summed E-state index contributed by atoms with van der Waals surface area (Å²) in [5, 5.41) is 0. The van der Waals surface area contributed by atoms with E-state index in [1.807, 2.05) is 12.1 Å². The van der Waals surface area contributed by atoms with E-state index in [0.717, 1.165) is 0 Å². The molecule has 0 aliphatic heterocycles. The van der Waals surface area contributed by atoms with Gasteiger partial charge in [-0.15, -0.1) is 5.56 Å². The van der Waals surface area contributed by atoms with Gasteiger partial charge in [-0.3, -0.25) is 0 Å². The molecule has 0 atom stereocenters. The molecular weight excluding hydrogens is 139 g/mol. The number of hydrogen-bond donors (Lipinski definition) is 0. The van der Waals surface area contributed by atoms with Gasteiger partial charge in [0.2, 0.25) is 0 Å². The van der Waals surface area contributed by atoms with Crippen LogP contribution in [0.2, 0.25) is 0 Å². The van der Waals surface area contributed by atoms with Crippen molar-refractivity contribution in [1.82, 2.24) is 0 Å². The molecule has 1 rings (SSSR count). The zero-order valence-corrected chi connectivity index (χ0v) is 8.31. The number of rotatable bonds is 1. The van der Waals surface area contributed by atoms with Crippen LogP contribution < -0.4 is 18.9 Å². The molecule has 12 heavy (non-hydrogen) atoms. The second-order valence-corrected chi connectivity index (χ2v) is 2.91. The van der Waals surface area contributed by atoms with E-state index < -0.39 is 0 Å². The van der Waals surface area contributed by atoms with Crippen molar-refractivity contribution in [1.29, 1.82) is 0 Å². The Bertz CT molecular complexity index is 256. The molecule has 1 aromatic rings. The minimum Gasteiger partial charge on any atom is -0.184 e. The maximum atomic E-state index is 3.00. The van der Waals surface area contributed by atoms with Gasteiger partial charge in [-0.05, 0) is 20.8 Å². The summed E-state index contributed by atoms with van der Waals surface area (Å²) in [7, 11) is 0. The Morgan fingerprint density at radius 2 is 1.58 bits per heavy atom. The topological polar surface area (TPSA) is 0 Å². The van der Waals surface area contributed by atoms with Gasteiger partial charge in [0, 0.05) is 0 Å². The fourth-order valence-corrected chi connectivity index (χ4v) is 0.926. The van der Waals surface area contributed by atoms with Gasteiger partial charge in [0.25, 0.3) is 0 Å². The van der Waals surface area contributed by atoms with Crippen LogP contribution in [0.1, 0.15) is 26.3 Å². The average Bonchev–Trinajstić information content (AvgIpc) is 2.05. The van der Waals surface area contributed by atoms with E-state index in [-0.39, 0.29) is 18.9 Å². The van der Waals surface area contributed by atoms with Gasteiger partial charge in [0.05, 0.1) is 0 Å². The molecule has 0 nitrogen and oxygen atoms in total. The van der Waals surface area contributed by atoms with Gasteiger partial charge in [-0.1, -0.05) is 11.1 Å². The van der Waals surface area contributed by atoms with Gasteiger partial charge in [-0.2, -0.15) is 30.3 Å². The second-order valence-electron chi connectivity index (χ2n) is 2.91. The molecule has 0 aromatic heterocycles. The van der Waals surface area contributed by atoms with Crippen molar-refractivity contribution in [2.75, 3.05) is 0 Å². The molecule has 0 spiro atoms. The van der Waals surface area contributed by atoms with Crippen molar-refractivity contribution in [2.45, 2.75) is 20.8 Å². The third-order valence-corrected chi connectivity index (χ3v) is 1.90. The van der Waals surface area contributed by atoms with Crippen molar-refractivity contribution in [3.8, 4) is 0 Å².